The number of hydrogen-bond acceptors (Lipinski definition) is 3. The van der Waals surface area contributed by atoms with Crippen LogP contribution in [0.25, 0.3) is 0 Å². The van der Waals surface area contributed by atoms with Crippen LogP contribution in [0.2, 0.25) is 0 Å². The molecule has 0 atom stereocenters. The molecule has 2 aliphatic carbocycles. The maximum absolute atomic E-state index is 11.9. The molecular formula is C14H28N2O2S. The molecule has 0 saturated heterocycles. The summed E-state index contributed by atoms with van der Waals surface area (Å²) in [6.07, 6.45) is 5.91. The van der Waals surface area contributed by atoms with E-state index in [4.69, 9.17) is 0 Å². The van der Waals surface area contributed by atoms with E-state index in [-0.39, 0.29) is 5.75 Å². The molecule has 5 heteroatoms. The van der Waals surface area contributed by atoms with Gasteiger partial charge in [0.1, 0.15) is 0 Å². The summed E-state index contributed by atoms with van der Waals surface area (Å²) in [6.45, 7) is 5.59. The third-order valence-electron chi connectivity index (χ3n) is 4.14. The number of sulfonamides is 1. The van der Waals surface area contributed by atoms with Crippen molar-refractivity contribution in [1.82, 2.24) is 10.0 Å². The highest BCUT2D eigenvalue weighted by Crippen LogP contribution is 2.48. The van der Waals surface area contributed by atoms with Gasteiger partial charge in [0.15, 0.2) is 0 Å². The summed E-state index contributed by atoms with van der Waals surface area (Å²) in [5, 5.41) is 3.25. The van der Waals surface area contributed by atoms with E-state index in [0.29, 0.717) is 24.9 Å². The Morgan fingerprint density at radius 1 is 1.11 bits per heavy atom. The van der Waals surface area contributed by atoms with Crippen LogP contribution in [0.1, 0.15) is 46.0 Å². The Hall–Kier alpha value is -0.130. The lowest BCUT2D eigenvalue weighted by molar-refractivity contribution is 0.401. The zero-order valence-corrected chi connectivity index (χ0v) is 13.0. The monoisotopic (exact) mass is 288 g/mol. The van der Waals surface area contributed by atoms with Gasteiger partial charge in [-0.3, -0.25) is 0 Å². The molecule has 2 aliphatic rings. The summed E-state index contributed by atoms with van der Waals surface area (Å²) in [6, 6.07) is 0.421. The maximum atomic E-state index is 11.9. The second kappa shape index (κ2) is 6.55. The predicted molar refractivity (Wildman–Crippen MR) is 78.5 cm³/mol. The van der Waals surface area contributed by atoms with Crippen LogP contribution in [0.5, 0.6) is 0 Å². The highest BCUT2D eigenvalue weighted by atomic mass is 32.2. The minimum atomic E-state index is -3.08. The van der Waals surface area contributed by atoms with Crippen molar-refractivity contribution < 1.29 is 8.42 Å². The summed E-state index contributed by atoms with van der Waals surface area (Å²) in [5.41, 5.74) is 0. The molecule has 2 saturated carbocycles. The molecule has 0 unspecified atom stereocenters. The lowest BCUT2D eigenvalue weighted by atomic mass is 9.99. The van der Waals surface area contributed by atoms with Gasteiger partial charge in [-0.15, -0.1) is 0 Å². The van der Waals surface area contributed by atoms with E-state index in [0.717, 1.165) is 18.4 Å². The number of hydrogen-bond donors (Lipinski definition) is 2. The highest BCUT2D eigenvalue weighted by Gasteiger charge is 2.41. The zero-order chi connectivity index (χ0) is 13.9. The minimum absolute atomic E-state index is 0.245. The van der Waals surface area contributed by atoms with Gasteiger partial charge in [0.05, 0.1) is 5.75 Å². The van der Waals surface area contributed by atoms with Crippen molar-refractivity contribution in [1.29, 1.82) is 0 Å². The lowest BCUT2D eigenvalue weighted by Crippen LogP contribution is -2.34. The van der Waals surface area contributed by atoms with Gasteiger partial charge in [0.25, 0.3) is 0 Å². The standard InChI is InChI=1S/C14H28N2O2S/c1-11(2)15-8-3-9-19(17,18)16-10-14(12-4-5-12)13-6-7-13/h11-16H,3-10H2,1-2H3. The third-order valence-corrected chi connectivity index (χ3v) is 5.57. The van der Waals surface area contributed by atoms with E-state index >= 15 is 0 Å². The van der Waals surface area contributed by atoms with Crippen LogP contribution < -0.4 is 10.0 Å². The second-order valence-corrected chi connectivity index (χ2v) is 8.39. The van der Waals surface area contributed by atoms with Crippen molar-refractivity contribution in [3.8, 4) is 0 Å². The first-order chi connectivity index (χ1) is 8.98. The fourth-order valence-electron chi connectivity index (χ4n) is 2.72. The van der Waals surface area contributed by atoms with Gasteiger partial charge in [0.2, 0.25) is 10.0 Å². The lowest BCUT2D eigenvalue weighted by Gasteiger charge is -2.16. The Balaban J connectivity index is 1.65. The molecule has 112 valence electrons. The fourth-order valence-corrected chi connectivity index (χ4v) is 3.83. The van der Waals surface area contributed by atoms with Crippen LogP contribution in [0.3, 0.4) is 0 Å². The summed E-state index contributed by atoms with van der Waals surface area (Å²) in [5.74, 6) is 2.47. The van der Waals surface area contributed by atoms with E-state index in [9.17, 15) is 8.42 Å². The van der Waals surface area contributed by atoms with Gasteiger partial charge >= 0.3 is 0 Å². The van der Waals surface area contributed by atoms with Crippen LogP contribution in [0.4, 0.5) is 0 Å². The molecule has 0 bridgehead atoms. The zero-order valence-electron chi connectivity index (χ0n) is 12.2. The summed E-state index contributed by atoms with van der Waals surface area (Å²) in [7, 11) is -3.08. The average Bonchev–Trinajstić information content (AvgIpc) is 3.15. The van der Waals surface area contributed by atoms with Gasteiger partial charge in [-0.1, -0.05) is 13.8 Å². The van der Waals surface area contributed by atoms with Crippen molar-refractivity contribution in [2.75, 3.05) is 18.8 Å². The average molecular weight is 288 g/mol. The van der Waals surface area contributed by atoms with E-state index in [1.54, 1.807) is 0 Å². The van der Waals surface area contributed by atoms with E-state index in [1.165, 1.54) is 25.7 Å². The summed E-state index contributed by atoms with van der Waals surface area (Å²) in [4.78, 5) is 0. The summed E-state index contributed by atoms with van der Waals surface area (Å²) < 4.78 is 26.7. The molecule has 2 rings (SSSR count). The first-order valence-corrected chi connectivity index (χ1v) is 9.34. The van der Waals surface area contributed by atoms with Crippen LogP contribution in [-0.4, -0.2) is 33.3 Å². The van der Waals surface area contributed by atoms with E-state index in [1.807, 2.05) is 0 Å². The molecule has 0 spiro atoms. The van der Waals surface area contributed by atoms with Crippen LogP contribution in [0, 0.1) is 17.8 Å². The first-order valence-electron chi connectivity index (χ1n) is 7.68. The third kappa shape index (κ3) is 5.79. The van der Waals surface area contributed by atoms with E-state index in [2.05, 4.69) is 23.9 Å². The topological polar surface area (TPSA) is 58.2 Å². The van der Waals surface area contributed by atoms with Crippen molar-refractivity contribution in [2.24, 2.45) is 17.8 Å². The SMILES string of the molecule is CC(C)NCCCS(=O)(=O)NCC(C1CC1)C1CC1. The Labute approximate surface area is 117 Å². The number of nitrogens with one attached hydrogen (secondary N) is 2. The van der Waals surface area contributed by atoms with Gasteiger partial charge in [-0.2, -0.15) is 0 Å². The van der Waals surface area contributed by atoms with Crippen molar-refractivity contribution in [2.45, 2.75) is 52.0 Å². The first kappa shape index (κ1) is 15.3. The van der Waals surface area contributed by atoms with Gasteiger partial charge in [0, 0.05) is 12.6 Å². The molecule has 0 aromatic rings. The minimum Gasteiger partial charge on any atom is -0.314 e. The van der Waals surface area contributed by atoms with Crippen LogP contribution >= 0.6 is 0 Å². The molecule has 0 aromatic heterocycles. The molecule has 0 aliphatic heterocycles. The number of rotatable bonds is 10. The fraction of sp³-hybridized carbons (Fsp3) is 1.00. The van der Waals surface area contributed by atoms with Gasteiger partial charge in [-0.25, -0.2) is 13.1 Å². The molecule has 2 fully saturated rings. The Morgan fingerprint density at radius 3 is 2.16 bits per heavy atom. The maximum Gasteiger partial charge on any atom is 0.211 e. The smallest absolute Gasteiger partial charge is 0.211 e. The molecule has 0 heterocycles. The molecule has 19 heavy (non-hydrogen) atoms. The predicted octanol–water partition coefficient (Wildman–Crippen LogP) is 1.73. The van der Waals surface area contributed by atoms with Crippen molar-refractivity contribution in [3.63, 3.8) is 0 Å². The van der Waals surface area contributed by atoms with Gasteiger partial charge < -0.3 is 5.32 Å². The Bertz CT molecular complexity index is 361. The molecule has 0 radical (unpaired) electrons. The van der Waals surface area contributed by atoms with Gasteiger partial charge in [-0.05, 0) is 56.4 Å². The molecular weight excluding hydrogens is 260 g/mol. The Kier molecular flexibility index (Phi) is 5.26. The van der Waals surface area contributed by atoms with Crippen LogP contribution in [0.15, 0.2) is 0 Å². The molecule has 0 aromatic carbocycles. The van der Waals surface area contributed by atoms with Crippen molar-refractivity contribution in [3.05, 3.63) is 0 Å². The quantitative estimate of drug-likeness (QED) is 0.602. The summed E-state index contributed by atoms with van der Waals surface area (Å²) >= 11 is 0. The largest absolute Gasteiger partial charge is 0.314 e. The van der Waals surface area contributed by atoms with Crippen LogP contribution in [-0.2, 0) is 10.0 Å². The molecule has 4 nitrogen and oxygen atoms in total. The second-order valence-electron chi connectivity index (χ2n) is 6.47. The van der Waals surface area contributed by atoms with Crippen molar-refractivity contribution >= 4 is 10.0 Å². The molecule has 0 amide bonds. The van der Waals surface area contributed by atoms with E-state index < -0.39 is 10.0 Å². The molecule has 2 N–H and O–H groups in total. The normalized spacial score (nSPS) is 20.4. The highest BCUT2D eigenvalue weighted by molar-refractivity contribution is 7.89. The Morgan fingerprint density at radius 2 is 1.68 bits per heavy atom.